The Hall–Kier alpha value is -3.49. The fourth-order valence-corrected chi connectivity index (χ4v) is 3.39. The van der Waals surface area contributed by atoms with Crippen molar-refractivity contribution >= 4 is 29.3 Å². The van der Waals surface area contributed by atoms with Crippen LogP contribution in [0.2, 0.25) is 0 Å². The number of pyridine rings is 1. The molecule has 3 rings (SSSR count). The van der Waals surface area contributed by atoms with Gasteiger partial charge in [0.15, 0.2) is 0 Å². The predicted molar refractivity (Wildman–Crippen MR) is 102 cm³/mol. The number of imidazole rings is 1. The first-order valence-corrected chi connectivity index (χ1v) is 8.88. The summed E-state index contributed by atoms with van der Waals surface area (Å²) in [5.74, 6) is -4.49. The fourth-order valence-electron chi connectivity index (χ4n) is 3.39. The molecular formula is C20H21N3O6. The van der Waals surface area contributed by atoms with E-state index in [-0.39, 0.29) is 12.2 Å². The van der Waals surface area contributed by atoms with Gasteiger partial charge in [-0.2, -0.15) is 0 Å². The minimum absolute atomic E-state index is 0.0199. The van der Waals surface area contributed by atoms with Crippen molar-refractivity contribution in [3.05, 3.63) is 47.6 Å². The highest BCUT2D eigenvalue weighted by molar-refractivity contribution is 6.10. The van der Waals surface area contributed by atoms with E-state index in [9.17, 15) is 14.4 Å². The molecular weight excluding hydrogens is 378 g/mol. The van der Waals surface area contributed by atoms with Gasteiger partial charge in [0.25, 0.3) is 0 Å². The maximum absolute atomic E-state index is 13.0. The molecule has 0 N–H and O–H groups in total. The molecule has 0 fully saturated rings. The minimum Gasteiger partial charge on any atom is -0.468 e. The number of carbonyl (C=O) groups is 3. The Morgan fingerprint density at radius 3 is 2.48 bits per heavy atom. The van der Waals surface area contributed by atoms with Crippen LogP contribution in [0.3, 0.4) is 0 Å². The zero-order valence-electron chi connectivity index (χ0n) is 16.5. The summed E-state index contributed by atoms with van der Waals surface area (Å²) < 4.78 is 16.8. The predicted octanol–water partition coefficient (Wildman–Crippen LogP) is 1.70. The molecule has 9 nitrogen and oxygen atoms in total. The SMILES string of the molecule is COC(=O)C1=C(C)N=C(C)C(C(=O)OC)[C@@H]1C(=O)OCc1cn2ccccc2n1. The summed E-state index contributed by atoms with van der Waals surface area (Å²) in [5.41, 5.74) is 1.87. The second-order valence-corrected chi connectivity index (χ2v) is 6.53. The first-order valence-electron chi connectivity index (χ1n) is 8.88. The Kier molecular flexibility index (Phi) is 5.76. The summed E-state index contributed by atoms with van der Waals surface area (Å²) in [4.78, 5) is 46.2. The van der Waals surface area contributed by atoms with Crippen LogP contribution in [0.1, 0.15) is 19.5 Å². The van der Waals surface area contributed by atoms with Crippen molar-refractivity contribution in [3.63, 3.8) is 0 Å². The van der Waals surface area contributed by atoms with Crippen LogP contribution in [-0.4, -0.2) is 47.2 Å². The molecule has 0 saturated heterocycles. The van der Waals surface area contributed by atoms with Gasteiger partial charge in [-0.25, -0.2) is 9.78 Å². The number of hydrogen-bond donors (Lipinski definition) is 0. The first-order chi connectivity index (χ1) is 13.9. The van der Waals surface area contributed by atoms with E-state index in [0.717, 1.165) is 0 Å². The molecule has 0 bridgehead atoms. The highest BCUT2D eigenvalue weighted by atomic mass is 16.5. The summed E-state index contributed by atoms with van der Waals surface area (Å²) in [7, 11) is 2.40. The molecule has 1 aliphatic rings. The van der Waals surface area contributed by atoms with E-state index in [1.165, 1.54) is 14.2 Å². The number of carbonyl (C=O) groups excluding carboxylic acids is 3. The molecule has 1 aliphatic heterocycles. The van der Waals surface area contributed by atoms with Gasteiger partial charge in [-0.15, -0.1) is 0 Å². The molecule has 0 amide bonds. The van der Waals surface area contributed by atoms with Crippen molar-refractivity contribution in [2.24, 2.45) is 16.8 Å². The smallest absolute Gasteiger partial charge is 0.336 e. The molecule has 3 heterocycles. The lowest BCUT2D eigenvalue weighted by Gasteiger charge is -2.29. The van der Waals surface area contributed by atoms with Crippen LogP contribution in [0.5, 0.6) is 0 Å². The standard InChI is InChI=1S/C20H21N3O6/c1-11-15(18(24)27-3)17(16(12(2)21-11)19(25)28-4)20(26)29-10-13-9-23-8-6-5-7-14(23)22-13/h5-9,15,17H,10H2,1-4H3/t15?,17-/m0/s1. The van der Waals surface area contributed by atoms with Gasteiger partial charge in [-0.1, -0.05) is 6.07 Å². The highest BCUT2D eigenvalue weighted by Crippen LogP contribution is 2.33. The molecule has 29 heavy (non-hydrogen) atoms. The van der Waals surface area contributed by atoms with E-state index in [0.29, 0.717) is 22.7 Å². The lowest BCUT2D eigenvalue weighted by Crippen LogP contribution is -2.42. The Balaban J connectivity index is 1.89. The number of nitrogens with zero attached hydrogens (tertiary/aromatic N) is 3. The molecule has 2 aromatic heterocycles. The molecule has 0 spiro atoms. The van der Waals surface area contributed by atoms with Crippen LogP contribution in [0.15, 0.2) is 46.9 Å². The van der Waals surface area contributed by atoms with Crippen molar-refractivity contribution in [2.45, 2.75) is 20.5 Å². The second-order valence-electron chi connectivity index (χ2n) is 6.53. The summed E-state index contributed by atoms with van der Waals surface area (Å²) in [6.07, 6.45) is 3.56. The number of hydrogen-bond acceptors (Lipinski definition) is 8. The van der Waals surface area contributed by atoms with Gasteiger partial charge in [0.05, 0.1) is 25.5 Å². The van der Waals surface area contributed by atoms with E-state index >= 15 is 0 Å². The zero-order valence-corrected chi connectivity index (χ0v) is 16.5. The first kappa shape index (κ1) is 20.2. The highest BCUT2D eigenvalue weighted by Gasteiger charge is 2.46. The van der Waals surface area contributed by atoms with E-state index in [4.69, 9.17) is 14.2 Å². The fraction of sp³-hybridized carbons (Fsp3) is 0.350. The maximum Gasteiger partial charge on any atom is 0.336 e. The normalized spacial score (nSPS) is 19.0. The third kappa shape index (κ3) is 3.89. The maximum atomic E-state index is 13.0. The van der Waals surface area contributed by atoms with Gasteiger partial charge in [0.2, 0.25) is 0 Å². The van der Waals surface area contributed by atoms with Crippen LogP contribution in [-0.2, 0) is 35.2 Å². The number of ether oxygens (including phenoxy) is 3. The van der Waals surface area contributed by atoms with Gasteiger partial charge < -0.3 is 18.6 Å². The average molecular weight is 399 g/mol. The second kappa shape index (κ2) is 8.26. The van der Waals surface area contributed by atoms with Gasteiger partial charge >= 0.3 is 17.9 Å². The Morgan fingerprint density at radius 1 is 1.07 bits per heavy atom. The van der Waals surface area contributed by atoms with Gasteiger partial charge in [0, 0.05) is 23.8 Å². The van der Waals surface area contributed by atoms with Crippen molar-refractivity contribution in [2.75, 3.05) is 14.2 Å². The lowest BCUT2D eigenvalue weighted by molar-refractivity contribution is -0.157. The van der Waals surface area contributed by atoms with Crippen molar-refractivity contribution in [1.29, 1.82) is 0 Å². The van der Waals surface area contributed by atoms with Gasteiger partial charge in [0.1, 0.15) is 24.1 Å². The lowest BCUT2D eigenvalue weighted by atomic mass is 9.80. The Bertz CT molecular complexity index is 1000. The third-order valence-corrected chi connectivity index (χ3v) is 4.72. The Labute approximate surface area is 167 Å². The molecule has 9 heteroatoms. The van der Waals surface area contributed by atoms with E-state index in [1.807, 2.05) is 24.4 Å². The summed E-state index contributed by atoms with van der Waals surface area (Å²) in [6, 6.07) is 5.52. The number of rotatable bonds is 5. The van der Waals surface area contributed by atoms with Crippen LogP contribution < -0.4 is 0 Å². The number of aromatic nitrogens is 2. The van der Waals surface area contributed by atoms with Crippen molar-refractivity contribution in [1.82, 2.24) is 9.38 Å². The molecule has 1 unspecified atom stereocenters. The van der Waals surface area contributed by atoms with Crippen LogP contribution in [0.4, 0.5) is 0 Å². The molecule has 152 valence electrons. The topological polar surface area (TPSA) is 109 Å². The molecule has 0 aliphatic carbocycles. The van der Waals surface area contributed by atoms with Crippen LogP contribution in [0, 0.1) is 11.8 Å². The Morgan fingerprint density at radius 2 is 1.83 bits per heavy atom. The molecule has 0 saturated carbocycles. The summed E-state index contributed by atoms with van der Waals surface area (Å²) in [6.45, 7) is 3.06. The molecule has 0 radical (unpaired) electrons. The number of fused-ring (bicyclic) bond motifs is 1. The number of methoxy groups -OCH3 is 2. The largest absolute Gasteiger partial charge is 0.468 e. The van der Waals surface area contributed by atoms with E-state index < -0.39 is 29.7 Å². The quantitative estimate of drug-likeness (QED) is 0.556. The van der Waals surface area contributed by atoms with Gasteiger partial charge in [-0.05, 0) is 26.0 Å². The van der Waals surface area contributed by atoms with E-state index in [2.05, 4.69) is 9.98 Å². The molecule has 0 aromatic carbocycles. The number of aliphatic imine (C=N–C) groups is 1. The minimum atomic E-state index is -1.22. The monoisotopic (exact) mass is 399 g/mol. The van der Waals surface area contributed by atoms with Crippen LogP contribution in [0.25, 0.3) is 5.65 Å². The van der Waals surface area contributed by atoms with Crippen molar-refractivity contribution in [3.8, 4) is 0 Å². The molecule has 2 atom stereocenters. The van der Waals surface area contributed by atoms with E-state index in [1.54, 1.807) is 24.4 Å². The molecule has 2 aromatic rings. The number of allylic oxidation sites excluding steroid dienone is 1. The zero-order chi connectivity index (χ0) is 21.1. The average Bonchev–Trinajstić information content (AvgIpc) is 3.13. The summed E-state index contributed by atoms with van der Waals surface area (Å²) >= 11 is 0. The number of esters is 3. The van der Waals surface area contributed by atoms with Gasteiger partial charge in [-0.3, -0.25) is 14.6 Å². The third-order valence-electron chi connectivity index (χ3n) is 4.72. The van der Waals surface area contributed by atoms with Crippen LogP contribution >= 0.6 is 0 Å². The van der Waals surface area contributed by atoms with Crippen molar-refractivity contribution < 1.29 is 28.6 Å². The summed E-state index contributed by atoms with van der Waals surface area (Å²) in [5, 5.41) is 0.